The van der Waals surface area contributed by atoms with Crippen molar-refractivity contribution in [3.63, 3.8) is 0 Å². The molecule has 0 heterocycles. The molecule has 0 aliphatic rings. The SMILES string of the molecule is CC(=O)c1ccccc1C(C(=O)O)c1ccccc1. The number of rotatable bonds is 4. The number of carbonyl (C=O) groups excluding carboxylic acids is 1. The van der Waals surface area contributed by atoms with Crippen molar-refractivity contribution in [2.45, 2.75) is 12.8 Å². The Morgan fingerprint density at radius 1 is 0.947 bits per heavy atom. The molecule has 0 aromatic heterocycles. The summed E-state index contributed by atoms with van der Waals surface area (Å²) in [6.45, 7) is 1.45. The molecule has 0 saturated carbocycles. The molecular weight excluding hydrogens is 240 g/mol. The fraction of sp³-hybridized carbons (Fsp3) is 0.125. The van der Waals surface area contributed by atoms with Crippen LogP contribution in [0.2, 0.25) is 0 Å². The number of ketones is 1. The van der Waals surface area contributed by atoms with Crippen molar-refractivity contribution in [1.29, 1.82) is 0 Å². The second kappa shape index (κ2) is 5.48. The molecule has 0 fully saturated rings. The fourth-order valence-corrected chi connectivity index (χ4v) is 2.17. The number of hydrogen-bond donors (Lipinski definition) is 1. The van der Waals surface area contributed by atoms with Crippen molar-refractivity contribution in [2.75, 3.05) is 0 Å². The first kappa shape index (κ1) is 13.0. The predicted molar refractivity (Wildman–Crippen MR) is 72.4 cm³/mol. The van der Waals surface area contributed by atoms with Gasteiger partial charge >= 0.3 is 5.97 Å². The molecule has 3 nitrogen and oxygen atoms in total. The highest BCUT2D eigenvalue weighted by molar-refractivity contribution is 5.97. The van der Waals surface area contributed by atoms with Crippen molar-refractivity contribution < 1.29 is 14.7 Å². The first-order chi connectivity index (χ1) is 9.11. The van der Waals surface area contributed by atoms with E-state index in [0.29, 0.717) is 16.7 Å². The molecule has 1 unspecified atom stereocenters. The third-order valence-electron chi connectivity index (χ3n) is 3.03. The first-order valence-electron chi connectivity index (χ1n) is 5.99. The summed E-state index contributed by atoms with van der Waals surface area (Å²) in [5, 5.41) is 9.48. The summed E-state index contributed by atoms with van der Waals surface area (Å²) in [5.74, 6) is -1.90. The molecule has 19 heavy (non-hydrogen) atoms. The Balaban J connectivity index is 2.59. The quantitative estimate of drug-likeness (QED) is 0.853. The Kier molecular flexibility index (Phi) is 3.76. The minimum absolute atomic E-state index is 0.127. The van der Waals surface area contributed by atoms with Crippen molar-refractivity contribution >= 4 is 11.8 Å². The zero-order valence-electron chi connectivity index (χ0n) is 10.5. The molecule has 1 atom stereocenters. The van der Waals surface area contributed by atoms with E-state index >= 15 is 0 Å². The lowest BCUT2D eigenvalue weighted by Crippen LogP contribution is -2.16. The van der Waals surface area contributed by atoms with Gasteiger partial charge in [-0.3, -0.25) is 9.59 Å². The van der Waals surface area contributed by atoms with Gasteiger partial charge in [0.05, 0.1) is 0 Å². The van der Waals surface area contributed by atoms with Gasteiger partial charge in [-0.2, -0.15) is 0 Å². The van der Waals surface area contributed by atoms with E-state index in [9.17, 15) is 14.7 Å². The molecule has 0 spiro atoms. The predicted octanol–water partition coefficient (Wildman–Crippen LogP) is 3.11. The van der Waals surface area contributed by atoms with Crippen LogP contribution in [0.4, 0.5) is 0 Å². The van der Waals surface area contributed by atoms with Crippen molar-refractivity contribution in [3.05, 3.63) is 71.3 Å². The maximum Gasteiger partial charge on any atom is 0.315 e. The van der Waals surface area contributed by atoms with Crippen LogP contribution in [0.3, 0.4) is 0 Å². The van der Waals surface area contributed by atoms with Gasteiger partial charge in [0, 0.05) is 5.56 Å². The standard InChI is InChI=1S/C16H14O3/c1-11(17)13-9-5-6-10-14(13)15(16(18)19)12-7-3-2-4-8-12/h2-10,15H,1H3,(H,18,19). The van der Waals surface area contributed by atoms with Crippen LogP contribution in [0.1, 0.15) is 34.3 Å². The molecule has 0 saturated heterocycles. The summed E-state index contributed by atoms with van der Waals surface area (Å²) in [6, 6.07) is 15.8. The van der Waals surface area contributed by atoms with E-state index < -0.39 is 11.9 Å². The van der Waals surface area contributed by atoms with Gasteiger partial charge in [0.15, 0.2) is 5.78 Å². The normalized spacial score (nSPS) is 11.8. The molecular formula is C16H14O3. The molecule has 96 valence electrons. The van der Waals surface area contributed by atoms with Gasteiger partial charge in [-0.1, -0.05) is 54.6 Å². The Bertz CT molecular complexity index is 602. The lowest BCUT2D eigenvalue weighted by Gasteiger charge is -2.16. The van der Waals surface area contributed by atoms with Gasteiger partial charge in [-0.05, 0) is 18.1 Å². The Hall–Kier alpha value is -2.42. The molecule has 2 rings (SSSR count). The van der Waals surface area contributed by atoms with E-state index in [1.54, 1.807) is 48.5 Å². The summed E-state index contributed by atoms with van der Waals surface area (Å²) < 4.78 is 0. The van der Waals surface area contributed by atoms with E-state index in [-0.39, 0.29) is 5.78 Å². The minimum Gasteiger partial charge on any atom is -0.481 e. The molecule has 0 amide bonds. The second-order valence-electron chi connectivity index (χ2n) is 4.33. The largest absolute Gasteiger partial charge is 0.481 e. The van der Waals surface area contributed by atoms with E-state index in [1.165, 1.54) is 6.92 Å². The van der Waals surface area contributed by atoms with Crippen LogP contribution in [0.5, 0.6) is 0 Å². The molecule has 3 heteroatoms. The number of aliphatic carboxylic acids is 1. The molecule has 0 bridgehead atoms. The van der Waals surface area contributed by atoms with Gasteiger partial charge < -0.3 is 5.11 Å². The van der Waals surface area contributed by atoms with Crippen molar-refractivity contribution in [1.82, 2.24) is 0 Å². The number of Topliss-reactive ketones (excluding diaryl/α,β-unsaturated/α-hetero) is 1. The average molecular weight is 254 g/mol. The lowest BCUT2D eigenvalue weighted by molar-refractivity contribution is -0.137. The summed E-state index contributed by atoms with van der Waals surface area (Å²) >= 11 is 0. The van der Waals surface area contributed by atoms with Crippen LogP contribution in [0.15, 0.2) is 54.6 Å². The zero-order valence-corrected chi connectivity index (χ0v) is 10.5. The molecule has 0 aliphatic carbocycles. The van der Waals surface area contributed by atoms with Crippen LogP contribution in [0.25, 0.3) is 0 Å². The highest BCUT2D eigenvalue weighted by Gasteiger charge is 2.25. The summed E-state index contributed by atoms with van der Waals surface area (Å²) in [4.78, 5) is 23.2. The van der Waals surface area contributed by atoms with E-state index in [2.05, 4.69) is 0 Å². The van der Waals surface area contributed by atoms with Gasteiger partial charge in [0.2, 0.25) is 0 Å². The minimum atomic E-state index is -0.958. The Morgan fingerprint density at radius 2 is 1.53 bits per heavy atom. The monoisotopic (exact) mass is 254 g/mol. The fourth-order valence-electron chi connectivity index (χ4n) is 2.17. The maximum absolute atomic E-state index is 11.6. The lowest BCUT2D eigenvalue weighted by atomic mass is 9.87. The van der Waals surface area contributed by atoms with E-state index in [0.717, 1.165) is 0 Å². The molecule has 1 N–H and O–H groups in total. The number of carboxylic acids is 1. The number of carboxylic acid groups (broad SMARTS) is 1. The smallest absolute Gasteiger partial charge is 0.315 e. The summed E-state index contributed by atoms with van der Waals surface area (Å²) in [5.41, 5.74) is 1.66. The zero-order chi connectivity index (χ0) is 13.8. The van der Waals surface area contributed by atoms with Gasteiger partial charge in [-0.15, -0.1) is 0 Å². The van der Waals surface area contributed by atoms with Gasteiger partial charge in [0.25, 0.3) is 0 Å². The van der Waals surface area contributed by atoms with Crippen molar-refractivity contribution in [2.24, 2.45) is 0 Å². The topological polar surface area (TPSA) is 54.4 Å². The van der Waals surface area contributed by atoms with E-state index in [4.69, 9.17) is 0 Å². The number of hydrogen-bond acceptors (Lipinski definition) is 2. The molecule has 2 aromatic rings. The average Bonchev–Trinajstić information content (AvgIpc) is 2.40. The van der Waals surface area contributed by atoms with Crippen LogP contribution in [-0.4, -0.2) is 16.9 Å². The van der Waals surface area contributed by atoms with Gasteiger partial charge in [0.1, 0.15) is 5.92 Å². The molecule has 2 aromatic carbocycles. The molecule has 0 aliphatic heterocycles. The van der Waals surface area contributed by atoms with Crippen LogP contribution >= 0.6 is 0 Å². The third kappa shape index (κ3) is 2.71. The van der Waals surface area contributed by atoms with E-state index in [1.807, 2.05) is 6.07 Å². The third-order valence-corrected chi connectivity index (χ3v) is 3.03. The molecule has 0 radical (unpaired) electrons. The first-order valence-corrected chi connectivity index (χ1v) is 5.99. The van der Waals surface area contributed by atoms with Gasteiger partial charge in [-0.25, -0.2) is 0 Å². The maximum atomic E-state index is 11.6. The van der Waals surface area contributed by atoms with Crippen molar-refractivity contribution in [3.8, 4) is 0 Å². The van der Waals surface area contributed by atoms with Crippen LogP contribution < -0.4 is 0 Å². The summed E-state index contributed by atoms with van der Waals surface area (Å²) in [7, 11) is 0. The van der Waals surface area contributed by atoms with Crippen LogP contribution in [-0.2, 0) is 4.79 Å². The van der Waals surface area contributed by atoms with Crippen LogP contribution in [0, 0.1) is 0 Å². The highest BCUT2D eigenvalue weighted by Crippen LogP contribution is 2.28. The Labute approximate surface area is 111 Å². The summed E-state index contributed by atoms with van der Waals surface area (Å²) in [6.07, 6.45) is 0. The number of carbonyl (C=O) groups is 2. The highest BCUT2D eigenvalue weighted by atomic mass is 16.4. The number of benzene rings is 2. The second-order valence-corrected chi connectivity index (χ2v) is 4.33. The Morgan fingerprint density at radius 3 is 2.11 bits per heavy atom.